The Bertz CT molecular complexity index is 435. The third-order valence-electron chi connectivity index (χ3n) is 4.47. The predicted octanol–water partition coefficient (Wildman–Crippen LogP) is 4.21. The zero-order valence-electron chi connectivity index (χ0n) is 10.9. The minimum Gasteiger partial charge on any atom is -0.389 e. The van der Waals surface area contributed by atoms with E-state index in [1.54, 1.807) is 6.07 Å². The Hall–Kier alpha value is -0.600. The minimum absolute atomic E-state index is 0.185. The Balaban J connectivity index is 2.23. The molecule has 18 heavy (non-hydrogen) atoms. The minimum atomic E-state index is -0.802. The van der Waals surface area contributed by atoms with Crippen LogP contribution in [0.25, 0.3) is 0 Å². The van der Waals surface area contributed by atoms with Gasteiger partial charge in [0, 0.05) is 11.4 Å². The van der Waals surface area contributed by atoms with Crippen molar-refractivity contribution in [2.45, 2.75) is 45.1 Å². The van der Waals surface area contributed by atoms with Crippen LogP contribution in [-0.4, -0.2) is 10.7 Å². The highest BCUT2D eigenvalue weighted by molar-refractivity contribution is 6.30. The first kappa shape index (κ1) is 13.8. The first-order valence-electron chi connectivity index (χ1n) is 6.59. The van der Waals surface area contributed by atoms with Crippen molar-refractivity contribution in [3.05, 3.63) is 34.6 Å². The van der Waals surface area contributed by atoms with Gasteiger partial charge in [-0.15, -0.1) is 0 Å². The fourth-order valence-corrected chi connectivity index (χ4v) is 3.19. The molecule has 0 spiro atoms. The molecule has 3 unspecified atom stereocenters. The zero-order valence-corrected chi connectivity index (χ0v) is 11.7. The molecule has 3 heteroatoms. The molecule has 1 N–H and O–H groups in total. The first-order chi connectivity index (χ1) is 8.42. The van der Waals surface area contributed by atoms with E-state index < -0.39 is 5.60 Å². The number of benzene rings is 1. The number of hydrogen-bond acceptors (Lipinski definition) is 1. The van der Waals surface area contributed by atoms with Crippen LogP contribution in [0.2, 0.25) is 5.02 Å². The third kappa shape index (κ3) is 2.70. The van der Waals surface area contributed by atoms with E-state index in [-0.39, 0.29) is 11.7 Å². The van der Waals surface area contributed by atoms with Crippen molar-refractivity contribution in [3.63, 3.8) is 0 Å². The van der Waals surface area contributed by atoms with Gasteiger partial charge in [0.15, 0.2) is 0 Å². The van der Waals surface area contributed by atoms with Gasteiger partial charge in [0.2, 0.25) is 0 Å². The normalized spacial score (nSPS) is 32.5. The molecule has 100 valence electrons. The highest BCUT2D eigenvalue weighted by Gasteiger charge is 2.40. The van der Waals surface area contributed by atoms with Crippen molar-refractivity contribution in [2.75, 3.05) is 0 Å². The molecule has 0 radical (unpaired) electrons. The molecule has 1 aromatic carbocycles. The van der Waals surface area contributed by atoms with E-state index in [9.17, 15) is 9.50 Å². The quantitative estimate of drug-likeness (QED) is 0.854. The number of aliphatic hydroxyl groups is 1. The second kappa shape index (κ2) is 5.18. The zero-order chi connectivity index (χ0) is 13.3. The molecule has 1 nitrogen and oxygen atoms in total. The van der Waals surface area contributed by atoms with Gasteiger partial charge in [-0.3, -0.25) is 0 Å². The lowest BCUT2D eigenvalue weighted by Crippen LogP contribution is -2.45. The van der Waals surface area contributed by atoms with Gasteiger partial charge < -0.3 is 5.11 Å². The van der Waals surface area contributed by atoms with Gasteiger partial charge in [0.25, 0.3) is 0 Å². The molecule has 0 saturated heterocycles. The van der Waals surface area contributed by atoms with E-state index in [0.29, 0.717) is 22.9 Å². The smallest absolute Gasteiger partial charge is 0.126 e. The van der Waals surface area contributed by atoms with E-state index in [1.165, 1.54) is 12.1 Å². The summed E-state index contributed by atoms with van der Waals surface area (Å²) in [5.74, 6) is 0.383. The van der Waals surface area contributed by atoms with Crippen molar-refractivity contribution < 1.29 is 9.50 Å². The van der Waals surface area contributed by atoms with Crippen LogP contribution in [-0.2, 0) is 6.42 Å². The summed E-state index contributed by atoms with van der Waals surface area (Å²) in [6.07, 6.45) is 3.24. The molecule has 3 atom stereocenters. The Morgan fingerprint density at radius 3 is 2.89 bits per heavy atom. The Morgan fingerprint density at radius 2 is 2.17 bits per heavy atom. The summed E-state index contributed by atoms with van der Waals surface area (Å²) < 4.78 is 13.7. The van der Waals surface area contributed by atoms with Crippen LogP contribution in [0.15, 0.2) is 18.2 Å². The van der Waals surface area contributed by atoms with Gasteiger partial charge in [-0.25, -0.2) is 4.39 Å². The summed E-state index contributed by atoms with van der Waals surface area (Å²) >= 11 is 5.90. The Labute approximate surface area is 113 Å². The van der Waals surface area contributed by atoms with Crippen molar-refractivity contribution in [2.24, 2.45) is 11.8 Å². The van der Waals surface area contributed by atoms with Crippen molar-refractivity contribution in [1.29, 1.82) is 0 Å². The molecule has 0 aromatic heterocycles. The van der Waals surface area contributed by atoms with Crippen LogP contribution in [0.5, 0.6) is 0 Å². The van der Waals surface area contributed by atoms with Gasteiger partial charge in [-0.2, -0.15) is 0 Å². The summed E-state index contributed by atoms with van der Waals surface area (Å²) in [4.78, 5) is 0. The second-order valence-corrected chi connectivity index (χ2v) is 6.11. The second-order valence-electron chi connectivity index (χ2n) is 5.67. The summed E-state index contributed by atoms with van der Waals surface area (Å²) in [5.41, 5.74) is -0.283. The molecule has 1 aliphatic rings. The monoisotopic (exact) mass is 270 g/mol. The fraction of sp³-hybridized carbons (Fsp3) is 0.600. The molecule has 0 aliphatic heterocycles. The Kier molecular flexibility index (Phi) is 3.98. The molecule has 1 aromatic rings. The SMILES string of the molecule is CC1CCCC(O)(Cc2cc(Cl)ccc2F)C1C. The van der Waals surface area contributed by atoms with Crippen LogP contribution in [0, 0.1) is 17.7 Å². The molecule has 1 fully saturated rings. The summed E-state index contributed by atoms with van der Waals surface area (Å²) in [6, 6.07) is 4.54. The van der Waals surface area contributed by atoms with E-state index in [2.05, 4.69) is 13.8 Å². The summed E-state index contributed by atoms with van der Waals surface area (Å²) in [7, 11) is 0. The maximum atomic E-state index is 13.7. The standard InChI is InChI=1S/C15H20ClFO/c1-10-4-3-7-15(18,11(10)2)9-12-8-13(16)5-6-14(12)17/h5-6,8,10-11,18H,3-4,7,9H2,1-2H3. The maximum Gasteiger partial charge on any atom is 0.126 e. The third-order valence-corrected chi connectivity index (χ3v) is 4.71. The average molecular weight is 271 g/mol. The lowest BCUT2D eigenvalue weighted by Gasteiger charge is -2.42. The molecule has 2 rings (SSSR count). The first-order valence-corrected chi connectivity index (χ1v) is 6.96. The van der Waals surface area contributed by atoms with Crippen molar-refractivity contribution in [1.82, 2.24) is 0 Å². The molecular formula is C15H20ClFO. The van der Waals surface area contributed by atoms with Gasteiger partial charge in [0.05, 0.1) is 5.60 Å². The number of hydrogen-bond donors (Lipinski definition) is 1. The van der Waals surface area contributed by atoms with Crippen LogP contribution < -0.4 is 0 Å². The van der Waals surface area contributed by atoms with Crippen LogP contribution in [0.4, 0.5) is 4.39 Å². The number of rotatable bonds is 2. The van der Waals surface area contributed by atoms with E-state index in [4.69, 9.17) is 11.6 Å². The topological polar surface area (TPSA) is 20.2 Å². The van der Waals surface area contributed by atoms with Crippen LogP contribution in [0.3, 0.4) is 0 Å². The largest absolute Gasteiger partial charge is 0.389 e. The maximum absolute atomic E-state index is 13.7. The highest BCUT2D eigenvalue weighted by Crippen LogP contribution is 2.40. The lowest BCUT2D eigenvalue weighted by molar-refractivity contribution is -0.0625. The van der Waals surface area contributed by atoms with Crippen molar-refractivity contribution >= 4 is 11.6 Å². The fourth-order valence-electron chi connectivity index (χ4n) is 3.00. The number of halogens is 2. The van der Waals surface area contributed by atoms with Gasteiger partial charge in [0.1, 0.15) is 5.82 Å². The van der Waals surface area contributed by atoms with Crippen LogP contribution >= 0.6 is 11.6 Å². The summed E-state index contributed by atoms with van der Waals surface area (Å²) in [5, 5.41) is 11.3. The van der Waals surface area contributed by atoms with Gasteiger partial charge in [-0.05, 0) is 42.0 Å². The highest BCUT2D eigenvalue weighted by atomic mass is 35.5. The average Bonchev–Trinajstić information content (AvgIpc) is 2.31. The van der Waals surface area contributed by atoms with E-state index >= 15 is 0 Å². The molecule has 1 aliphatic carbocycles. The molecule has 0 amide bonds. The predicted molar refractivity (Wildman–Crippen MR) is 72.2 cm³/mol. The molecule has 1 saturated carbocycles. The lowest BCUT2D eigenvalue weighted by atomic mass is 9.68. The molecular weight excluding hydrogens is 251 g/mol. The van der Waals surface area contributed by atoms with E-state index in [1.807, 2.05) is 0 Å². The van der Waals surface area contributed by atoms with Crippen LogP contribution in [0.1, 0.15) is 38.7 Å². The molecule has 0 heterocycles. The van der Waals surface area contributed by atoms with Crippen molar-refractivity contribution in [3.8, 4) is 0 Å². The Morgan fingerprint density at radius 1 is 1.44 bits per heavy atom. The molecule has 0 bridgehead atoms. The van der Waals surface area contributed by atoms with Gasteiger partial charge in [-0.1, -0.05) is 38.3 Å². The summed E-state index contributed by atoms with van der Waals surface area (Å²) in [6.45, 7) is 4.22. The van der Waals surface area contributed by atoms with Gasteiger partial charge >= 0.3 is 0 Å². The van der Waals surface area contributed by atoms with E-state index in [0.717, 1.165) is 19.3 Å².